The van der Waals surface area contributed by atoms with E-state index in [0.717, 1.165) is 10.5 Å². The molecule has 1 aromatic heterocycles. The number of halogens is 1. The first kappa shape index (κ1) is 23.2. The van der Waals surface area contributed by atoms with E-state index in [2.05, 4.69) is 20.8 Å². The number of hydrogen-bond acceptors (Lipinski definition) is 8. The van der Waals surface area contributed by atoms with Crippen molar-refractivity contribution in [1.82, 2.24) is 25.5 Å². The van der Waals surface area contributed by atoms with Gasteiger partial charge >= 0.3 is 12.1 Å². The Kier molecular flexibility index (Phi) is 8.17. The fourth-order valence-electron chi connectivity index (χ4n) is 2.56. The Labute approximate surface area is 191 Å². The molecule has 10 nitrogen and oxygen atoms in total. The minimum Gasteiger partial charge on any atom is -0.481 e. The highest BCUT2D eigenvalue weighted by Gasteiger charge is 2.26. The van der Waals surface area contributed by atoms with E-state index in [9.17, 15) is 14.4 Å². The molecule has 2 aromatic carbocycles. The molecule has 1 atom stereocenters. The number of aromatic nitrogens is 4. The molecular weight excluding hydrogens is 458 g/mol. The van der Waals surface area contributed by atoms with E-state index in [-0.39, 0.29) is 13.2 Å². The number of ether oxygens (including phenoxy) is 1. The summed E-state index contributed by atoms with van der Waals surface area (Å²) in [6.07, 6.45) is -1.51. The number of tetrazole rings is 1. The SMILES string of the molecule is O=C(O)CC(NC(=O)OCc1ccccc1)C(=O)Cn1nnnc1Sc1ccc(Cl)cc1. The second-order valence-electron chi connectivity index (χ2n) is 6.50. The van der Waals surface area contributed by atoms with Crippen LogP contribution in [0.4, 0.5) is 4.79 Å². The normalized spacial score (nSPS) is 11.5. The minimum atomic E-state index is -1.31. The molecule has 2 N–H and O–H groups in total. The lowest BCUT2D eigenvalue weighted by Crippen LogP contribution is -2.44. The maximum Gasteiger partial charge on any atom is 0.408 e. The molecule has 0 aliphatic heterocycles. The van der Waals surface area contributed by atoms with E-state index in [1.54, 1.807) is 48.5 Å². The van der Waals surface area contributed by atoms with Gasteiger partial charge in [-0.3, -0.25) is 9.59 Å². The highest BCUT2D eigenvalue weighted by Crippen LogP contribution is 2.26. The summed E-state index contributed by atoms with van der Waals surface area (Å²) in [5, 5.41) is 23.6. The van der Waals surface area contributed by atoms with Crippen molar-refractivity contribution in [3.05, 3.63) is 65.2 Å². The van der Waals surface area contributed by atoms with Crippen molar-refractivity contribution in [2.45, 2.75) is 35.7 Å². The van der Waals surface area contributed by atoms with Gasteiger partial charge < -0.3 is 15.2 Å². The van der Waals surface area contributed by atoms with Crippen molar-refractivity contribution in [1.29, 1.82) is 0 Å². The zero-order valence-electron chi connectivity index (χ0n) is 16.6. The smallest absolute Gasteiger partial charge is 0.408 e. The van der Waals surface area contributed by atoms with Crippen LogP contribution in [0, 0.1) is 0 Å². The number of rotatable bonds is 10. The van der Waals surface area contributed by atoms with Crippen LogP contribution in [-0.2, 0) is 27.5 Å². The molecule has 1 amide bonds. The summed E-state index contributed by atoms with van der Waals surface area (Å²) in [7, 11) is 0. The Morgan fingerprint density at radius 1 is 1.12 bits per heavy atom. The van der Waals surface area contributed by atoms with Gasteiger partial charge in [-0.1, -0.05) is 41.9 Å². The largest absolute Gasteiger partial charge is 0.481 e. The average Bonchev–Trinajstić information content (AvgIpc) is 3.20. The number of carbonyl (C=O) groups is 3. The van der Waals surface area contributed by atoms with Gasteiger partial charge in [-0.15, -0.1) is 5.10 Å². The zero-order chi connectivity index (χ0) is 22.9. The summed E-state index contributed by atoms with van der Waals surface area (Å²) in [5.74, 6) is -1.84. The van der Waals surface area contributed by atoms with Gasteiger partial charge in [0.2, 0.25) is 5.16 Å². The number of nitrogens with zero attached hydrogens (tertiary/aromatic N) is 4. The highest BCUT2D eigenvalue weighted by atomic mass is 35.5. The van der Waals surface area contributed by atoms with Crippen molar-refractivity contribution in [2.75, 3.05) is 0 Å². The molecule has 1 heterocycles. The summed E-state index contributed by atoms with van der Waals surface area (Å²) in [5.41, 5.74) is 0.751. The number of amides is 1. The van der Waals surface area contributed by atoms with E-state index in [1.165, 1.54) is 16.4 Å². The maximum atomic E-state index is 12.7. The third-order valence-electron chi connectivity index (χ3n) is 4.10. The van der Waals surface area contributed by atoms with Crippen molar-refractivity contribution >= 4 is 41.2 Å². The molecular formula is C20H18ClN5O5S. The lowest BCUT2D eigenvalue weighted by molar-refractivity contribution is -0.139. The Morgan fingerprint density at radius 2 is 1.84 bits per heavy atom. The molecule has 0 aliphatic carbocycles. The van der Waals surface area contributed by atoms with Crippen LogP contribution in [0.3, 0.4) is 0 Å². The van der Waals surface area contributed by atoms with Crippen LogP contribution in [0.2, 0.25) is 5.02 Å². The first-order chi connectivity index (χ1) is 15.4. The van der Waals surface area contributed by atoms with Gasteiger partial charge in [-0.05, 0) is 52.0 Å². The number of alkyl carbamates (subject to hydrolysis) is 1. The second kappa shape index (κ2) is 11.3. The number of nitrogens with one attached hydrogen (secondary N) is 1. The van der Waals surface area contributed by atoms with Crippen LogP contribution in [0.15, 0.2) is 64.6 Å². The molecule has 0 aliphatic rings. The molecule has 32 heavy (non-hydrogen) atoms. The summed E-state index contributed by atoms with van der Waals surface area (Å²) >= 11 is 7.08. The van der Waals surface area contributed by atoms with Gasteiger partial charge in [0.05, 0.1) is 6.42 Å². The number of carboxylic acids is 1. The average molecular weight is 476 g/mol. The van der Waals surface area contributed by atoms with E-state index in [1.807, 2.05) is 6.07 Å². The fraction of sp³-hybridized carbons (Fsp3) is 0.200. The Hall–Kier alpha value is -3.44. The van der Waals surface area contributed by atoms with E-state index in [4.69, 9.17) is 21.4 Å². The quantitative estimate of drug-likeness (QED) is 0.453. The number of ketones is 1. The second-order valence-corrected chi connectivity index (χ2v) is 7.98. The molecule has 1 unspecified atom stereocenters. The van der Waals surface area contributed by atoms with Crippen molar-refractivity contribution < 1.29 is 24.2 Å². The van der Waals surface area contributed by atoms with E-state index >= 15 is 0 Å². The van der Waals surface area contributed by atoms with Crippen molar-refractivity contribution in [3.8, 4) is 0 Å². The van der Waals surface area contributed by atoms with Gasteiger partial charge in [-0.25, -0.2) is 9.48 Å². The Balaban J connectivity index is 1.62. The predicted octanol–water partition coefficient (Wildman–Crippen LogP) is 2.82. The summed E-state index contributed by atoms with van der Waals surface area (Å²) in [4.78, 5) is 36.8. The summed E-state index contributed by atoms with van der Waals surface area (Å²) < 4.78 is 6.31. The van der Waals surface area contributed by atoms with Gasteiger partial charge in [-0.2, -0.15) is 0 Å². The number of carbonyl (C=O) groups excluding carboxylic acids is 2. The summed E-state index contributed by atoms with van der Waals surface area (Å²) in [6.45, 7) is -0.352. The molecule has 0 fully saturated rings. The lowest BCUT2D eigenvalue weighted by Gasteiger charge is -2.16. The standard InChI is InChI=1S/C20H18ClN5O5S/c21-14-6-8-15(9-7-14)32-19-23-24-25-26(19)11-17(27)16(10-18(28)29)22-20(30)31-12-13-4-2-1-3-5-13/h1-9,16H,10-12H2,(H,22,30)(H,28,29). The number of aliphatic carboxylic acids is 1. The van der Waals surface area contributed by atoms with Crippen LogP contribution in [0.25, 0.3) is 0 Å². The third-order valence-corrected chi connectivity index (χ3v) is 5.33. The number of Topliss-reactive ketones (excluding diaryl/α,β-unsaturated/α-hetero) is 1. The fourth-order valence-corrected chi connectivity index (χ4v) is 3.45. The first-order valence-electron chi connectivity index (χ1n) is 9.32. The number of hydrogen-bond donors (Lipinski definition) is 2. The highest BCUT2D eigenvalue weighted by molar-refractivity contribution is 7.99. The lowest BCUT2D eigenvalue weighted by atomic mass is 10.1. The van der Waals surface area contributed by atoms with E-state index < -0.39 is 30.3 Å². The van der Waals surface area contributed by atoms with Crippen molar-refractivity contribution in [3.63, 3.8) is 0 Å². The molecule has 0 spiro atoms. The van der Waals surface area contributed by atoms with Gasteiger partial charge in [0.25, 0.3) is 0 Å². The summed E-state index contributed by atoms with van der Waals surface area (Å²) in [6, 6.07) is 14.6. The molecule has 3 rings (SSSR count). The van der Waals surface area contributed by atoms with Crippen LogP contribution in [-0.4, -0.2) is 49.2 Å². The first-order valence-corrected chi connectivity index (χ1v) is 10.5. The van der Waals surface area contributed by atoms with Gasteiger partial charge in [0, 0.05) is 9.92 Å². The van der Waals surface area contributed by atoms with Crippen molar-refractivity contribution in [2.24, 2.45) is 0 Å². The molecule has 0 radical (unpaired) electrons. The molecule has 12 heteroatoms. The topological polar surface area (TPSA) is 136 Å². The molecule has 166 valence electrons. The zero-order valence-corrected chi connectivity index (χ0v) is 18.1. The van der Waals surface area contributed by atoms with Crippen LogP contribution in [0.1, 0.15) is 12.0 Å². The number of carboxylic acid groups (broad SMARTS) is 1. The Morgan fingerprint density at radius 3 is 2.53 bits per heavy atom. The Bertz CT molecular complexity index is 1080. The maximum absolute atomic E-state index is 12.7. The van der Waals surface area contributed by atoms with E-state index in [0.29, 0.717) is 10.2 Å². The molecule has 0 bridgehead atoms. The number of benzene rings is 2. The minimum absolute atomic E-state index is 0.0183. The van der Waals surface area contributed by atoms with Gasteiger partial charge in [0.1, 0.15) is 19.2 Å². The van der Waals surface area contributed by atoms with Crippen LogP contribution in [0.5, 0.6) is 0 Å². The third kappa shape index (κ3) is 7.06. The van der Waals surface area contributed by atoms with Crippen LogP contribution >= 0.6 is 23.4 Å². The predicted molar refractivity (Wildman–Crippen MR) is 114 cm³/mol. The molecule has 3 aromatic rings. The molecule has 0 saturated carbocycles. The van der Waals surface area contributed by atoms with Crippen LogP contribution < -0.4 is 5.32 Å². The monoisotopic (exact) mass is 475 g/mol. The molecule has 0 saturated heterocycles. The van der Waals surface area contributed by atoms with Gasteiger partial charge in [0.15, 0.2) is 5.78 Å².